The van der Waals surface area contributed by atoms with E-state index in [-0.39, 0.29) is 5.91 Å². The summed E-state index contributed by atoms with van der Waals surface area (Å²) in [6, 6.07) is 9.83. The Bertz CT molecular complexity index is 1090. The zero-order valence-corrected chi connectivity index (χ0v) is 16.3. The van der Waals surface area contributed by atoms with E-state index in [9.17, 15) is 4.79 Å². The Hall–Kier alpha value is -2.51. The summed E-state index contributed by atoms with van der Waals surface area (Å²) >= 11 is 5.08. The van der Waals surface area contributed by atoms with Crippen molar-refractivity contribution in [3.63, 3.8) is 0 Å². The van der Waals surface area contributed by atoms with E-state index in [1.807, 2.05) is 35.8 Å². The summed E-state index contributed by atoms with van der Waals surface area (Å²) < 4.78 is 2.55. The Morgan fingerprint density at radius 1 is 1.23 bits per heavy atom. The van der Waals surface area contributed by atoms with Crippen LogP contribution >= 0.6 is 27.3 Å². The number of aromatic nitrogens is 3. The number of pyridine rings is 1. The number of halogens is 1. The lowest BCUT2D eigenvalue weighted by Gasteiger charge is -2.07. The van der Waals surface area contributed by atoms with E-state index in [0.717, 1.165) is 32.1 Å². The number of carbonyl (C=O) groups is 1. The van der Waals surface area contributed by atoms with Crippen molar-refractivity contribution in [2.45, 2.75) is 6.54 Å². The molecule has 0 aliphatic rings. The van der Waals surface area contributed by atoms with E-state index in [2.05, 4.69) is 42.8 Å². The molecule has 0 bridgehead atoms. The first kappa shape index (κ1) is 16.9. The molecule has 0 aliphatic carbocycles. The first-order valence-corrected chi connectivity index (χ1v) is 9.72. The molecule has 0 atom stereocenters. The minimum atomic E-state index is -0.154. The van der Waals surface area contributed by atoms with Crippen LogP contribution in [0.4, 0.5) is 0 Å². The maximum absolute atomic E-state index is 12.7. The van der Waals surface area contributed by atoms with Crippen molar-refractivity contribution in [2.75, 3.05) is 0 Å². The van der Waals surface area contributed by atoms with Crippen LogP contribution in [0.1, 0.15) is 16.1 Å². The standard InChI is InChI=1S/C19H15BrN4OS/c1-24-18(16-3-2-15(20)7-17(16)23-24)19(25)22-9-12-6-14(10-21-8-12)13-4-5-26-11-13/h2-8,10-11H,9H2,1H3,(H,22,25). The van der Waals surface area contributed by atoms with Crippen molar-refractivity contribution >= 4 is 44.1 Å². The molecule has 4 rings (SSSR count). The van der Waals surface area contributed by atoms with Crippen molar-refractivity contribution in [3.05, 3.63) is 69.2 Å². The third-order valence-electron chi connectivity index (χ3n) is 4.11. The lowest BCUT2D eigenvalue weighted by molar-refractivity contribution is 0.0943. The summed E-state index contributed by atoms with van der Waals surface area (Å²) in [5, 5.41) is 12.3. The van der Waals surface area contributed by atoms with Gasteiger partial charge in [0.15, 0.2) is 0 Å². The zero-order chi connectivity index (χ0) is 18.1. The minimum Gasteiger partial charge on any atom is -0.347 e. The maximum Gasteiger partial charge on any atom is 0.270 e. The van der Waals surface area contributed by atoms with Crippen molar-refractivity contribution in [1.29, 1.82) is 0 Å². The molecular weight excluding hydrogens is 412 g/mol. The smallest absolute Gasteiger partial charge is 0.270 e. The lowest BCUT2D eigenvalue weighted by Crippen LogP contribution is -2.25. The molecule has 7 heteroatoms. The third-order valence-corrected chi connectivity index (χ3v) is 5.29. The Kier molecular flexibility index (Phi) is 4.57. The van der Waals surface area contributed by atoms with E-state index in [1.54, 1.807) is 29.3 Å². The average molecular weight is 427 g/mol. The number of benzene rings is 1. The molecule has 3 heterocycles. The fourth-order valence-electron chi connectivity index (χ4n) is 2.88. The molecule has 5 nitrogen and oxygen atoms in total. The topological polar surface area (TPSA) is 59.8 Å². The molecule has 3 aromatic heterocycles. The van der Waals surface area contributed by atoms with Gasteiger partial charge in [-0.25, -0.2) is 0 Å². The number of nitrogens with one attached hydrogen (secondary N) is 1. The summed E-state index contributed by atoms with van der Waals surface area (Å²) in [5.41, 5.74) is 4.48. The molecule has 0 unspecified atom stereocenters. The molecule has 0 radical (unpaired) electrons. The van der Waals surface area contributed by atoms with Gasteiger partial charge in [-0.2, -0.15) is 16.4 Å². The summed E-state index contributed by atoms with van der Waals surface area (Å²) in [7, 11) is 1.78. The first-order chi connectivity index (χ1) is 12.6. The van der Waals surface area contributed by atoms with Crippen LogP contribution in [0.5, 0.6) is 0 Å². The normalized spacial score (nSPS) is 11.0. The van der Waals surface area contributed by atoms with Crippen LogP contribution in [0.2, 0.25) is 0 Å². The van der Waals surface area contributed by atoms with E-state index in [1.165, 1.54) is 0 Å². The molecule has 0 fully saturated rings. The predicted molar refractivity (Wildman–Crippen MR) is 107 cm³/mol. The van der Waals surface area contributed by atoms with E-state index < -0.39 is 0 Å². The molecule has 130 valence electrons. The van der Waals surface area contributed by atoms with Gasteiger partial charge >= 0.3 is 0 Å². The number of fused-ring (bicyclic) bond motifs is 1. The number of hydrogen-bond acceptors (Lipinski definition) is 4. The van der Waals surface area contributed by atoms with E-state index >= 15 is 0 Å². The second-order valence-corrected chi connectivity index (χ2v) is 7.61. The van der Waals surface area contributed by atoms with Gasteiger partial charge < -0.3 is 5.32 Å². The van der Waals surface area contributed by atoms with E-state index in [0.29, 0.717) is 12.2 Å². The number of rotatable bonds is 4. The number of carbonyl (C=O) groups excluding carboxylic acids is 1. The van der Waals surface area contributed by atoms with Gasteiger partial charge in [-0.3, -0.25) is 14.5 Å². The van der Waals surface area contributed by atoms with Crippen LogP contribution in [-0.2, 0) is 13.6 Å². The summed E-state index contributed by atoms with van der Waals surface area (Å²) in [5.74, 6) is -0.154. The molecule has 1 N–H and O–H groups in total. The summed E-state index contributed by atoms with van der Waals surface area (Å²) in [6.07, 6.45) is 3.61. The van der Waals surface area contributed by atoms with Gasteiger partial charge in [0.1, 0.15) is 5.69 Å². The lowest BCUT2D eigenvalue weighted by atomic mass is 10.1. The predicted octanol–water partition coefficient (Wildman–Crippen LogP) is 4.39. The maximum atomic E-state index is 12.7. The molecule has 0 saturated heterocycles. The molecule has 26 heavy (non-hydrogen) atoms. The number of aryl methyl sites for hydroxylation is 1. The quantitative estimate of drug-likeness (QED) is 0.526. The van der Waals surface area contributed by atoms with Crippen LogP contribution in [0.15, 0.2) is 58.0 Å². The highest BCUT2D eigenvalue weighted by molar-refractivity contribution is 9.10. The van der Waals surface area contributed by atoms with Crippen LogP contribution in [0.3, 0.4) is 0 Å². The Balaban J connectivity index is 1.55. The molecule has 4 aromatic rings. The van der Waals surface area contributed by atoms with Crippen LogP contribution < -0.4 is 5.32 Å². The number of amides is 1. The zero-order valence-electron chi connectivity index (χ0n) is 13.9. The molecule has 0 spiro atoms. The number of nitrogens with zero attached hydrogens (tertiary/aromatic N) is 3. The third kappa shape index (κ3) is 3.27. The SMILES string of the molecule is Cn1nc2cc(Br)ccc2c1C(=O)NCc1cncc(-c2ccsc2)c1. The first-order valence-electron chi connectivity index (χ1n) is 7.99. The molecular formula is C19H15BrN4OS. The van der Waals surface area contributed by atoms with Crippen LogP contribution in [-0.4, -0.2) is 20.7 Å². The highest BCUT2D eigenvalue weighted by Crippen LogP contribution is 2.23. The largest absolute Gasteiger partial charge is 0.347 e. The summed E-state index contributed by atoms with van der Waals surface area (Å²) in [4.78, 5) is 17.0. The summed E-state index contributed by atoms with van der Waals surface area (Å²) in [6.45, 7) is 0.410. The second kappa shape index (κ2) is 7.01. The van der Waals surface area contributed by atoms with Crippen molar-refractivity contribution in [3.8, 4) is 11.1 Å². The van der Waals surface area contributed by atoms with Gasteiger partial charge in [-0.1, -0.05) is 15.9 Å². The van der Waals surface area contributed by atoms with Crippen molar-refractivity contribution in [1.82, 2.24) is 20.1 Å². The van der Waals surface area contributed by atoms with Gasteiger partial charge in [0.2, 0.25) is 0 Å². The van der Waals surface area contributed by atoms with Gasteiger partial charge in [-0.05, 0) is 52.2 Å². The van der Waals surface area contributed by atoms with E-state index in [4.69, 9.17) is 0 Å². The highest BCUT2D eigenvalue weighted by atomic mass is 79.9. The van der Waals surface area contributed by atoms with Crippen molar-refractivity contribution in [2.24, 2.45) is 7.05 Å². The second-order valence-electron chi connectivity index (χ2n) is 5.91. The monoisotopic (exact) mass is 426 g/mol. The molecule has 1 aromatic carbocycles. The van der Waals surface area contributed by atoms with Crippen LogP contribution in [0, 0.1) is 0 Å². The Morgan fingerprint density at radius 3 is 2.92 bits per heavy atom. The van der Waals surface area contributed by atoms with Crippen LogP contribution in [0.25, 0.3) is 22.0 Å². The van der Waals surface area contributed by atoms with Gasteiger partial charge in [-0.15, -0.1) is 0 Å². The number of thiophene rings is 1. The fourth-order valence-corrected chi connectivity index (χ4v) is 3.89. The molecule has 0 saturated carbocycles. The minimum absolute atomic E-state index is 0.154. The van der Waals surface area contributed by atoms with Gasteiger partial charge in [0, 0.05) is 41.4 Å². The van der Waals surface area contributed by atoms with Gasteiger partial charge in [0.05, 0.1) is 5.52 Å². The molecule has 1 amide bonds. The highest BCUT2D eigenvalue weighted by Gasteiger charge is 2.16. The fraction of sp³-hybridized carbons (Fsp3) is 0.105. The number of hydrogen-bond donors (Lipinski definition) is 1. The van der Waals surface area contributed by atoms with Crippen molar-refractivity contribution < 1.29 is 4.79 Å². The average Bonchev–Trinajstić information content (AvgIpc) is 3.27. The Morgan fingerprint density at radius 2 is 2.12 bits per heavy atom. The van der Waals surface area contributed by atoms with Gasteiger partial charge in [0.25, 0.3) is 5.91 Å². The molecule has 0 aliphatic heterocycles. The Labute approximate surface area is 162 Å².